The van der Waals surface area contributed by atoms with E-state index in [0.717, 1.165) is 17.2 Å². The molecule has 0 aliphatic heterocycles. The molecule has 1 aromatic carbocycles. The minimum Gasteiger partial charge on any atom is -0.478 e. The van der Waals surface area contributed by atoms with Crippen LogP contribution in [-0.2, 0) is 11.3 Å². The molecule has 5 nitrogen and oxygen atoms in total. The SMILES string of the molecule is Cc1ccc(C(=O)NCc2ccoc2)cc1/C=C/C(=O)O. The van der Waals surface area contributed by atoms with Gasteiger partial charge in [0.15, 0.2) is 0 Å². The molecular formula is C16H15NO4. The third-order valence-electron chi connectivity index (χ3n) is 2.98. The van der Waals surface area contributed by atoms with Gasteiger partial charge in [0, 0.05) is 23.7 Å². The third kappa shape index (κ3) is 4.07. The topological polar surface area (TPSA) is 79.5 Å². The summed E-state index contributed by atoms with van der Waals surface area (Å²) < 4.78 is 4.93. The van der Waals surface area contributed by atoms with Crippen LogP contribution < -0.4 is 5.32 Å². The molecule has 5 heteroatoms. The highest BCUT2D eigenvalue weighted by Gasteiger charge is 2.07. The standard InChI is InChI=1S/C16H15NO4/c1-11-2-3-14(8-13(11)4-5-15(18)19)16(20)17-9-12-6-7-21-10-12/h2-8,10H,9H2,1H3,(H,17,20)(H,18,19)/b5-4+. The average Bonchev–Trinajstić information content (AvgIpc) is 2.97. The van der Waals surface area contributed by atoms with Crippen molar-refractivity contribution in [3.8, 4) is 0 Å². The fraction of sp³-hybridized carbons (Fsp3) is 0.125. The average molecular weight is 285 g/mol. The van der Waals surface area contributed by atoms with Crippen molar-refractivity contribution in [2.45, 2.75) is 13.5 Å². The minimum atomic E-state index is -1.02. The number of carbonyl (C=O) groups excluding carboxylic acids is 1. The smallest absolute Gasteiger partial charge is 0.328 e. The van der Waals surface area contributed by atoms with E-state index in [1.165, 1.54) is 6.08 Å². The van der Waals surface area contributed by atoms with E-state index in [1.54, 1.807) is 36.8 Å². The van der Waals surface area contributed by atoms with Crippen LogP contribution in [0.15, 0.2) is 47.3 Å². The number of carboxylic acids is 1. The number of aliphatic carboxylic acids is 1. The zero-order chi connectivity index (χ0) is 15.2. The molecule has 2 rings (SSSR count). The number of nitrogens with one attached hydrogen (secondary N) is 1. The van der Waals surface area contributed by atoms with Crippen LogP contribution in [0.5, 0.6) is 0 Å². The summed E-state index contributed by atoms with van der Waals surface area (Å²) >= 11 is 0. The molecule has 108 valence electrons. The zero-order valence-corrected chi connectivity index (χ0v) is 11.5. The van der Waals surface area contributed by atoms with Gasteiger partial charge >= 0.3 is 5.97 Å². The molecule has 1 aromatic heterocycles. The monoisotopic (exact) mass is 285 g/mol. The Morgan fingerprint density at radius 1 is 1.33 bits per heavy atom. The first-order valence-electron chi connectivity index (χ1n) is 6.37. The van der Waals surface area contributed by atoms with Crippen LogP contribution in [-0.4, -0.2) is 17.0 Å². The molecule has 0 aliphatic rings. The number of rotatable bonds is 5. The van der Waals surface area contributed by atoms with E-state index in [4.69, 9.17) is 9.52 Å². The van der Waals surface area contributed by atoms with Crippen molar-refractivity contribution >= 4 is 18.0 Å². The summed E-state index contributed by atoms with van der Waals surface area (Å²) in [6.07, 6.45) is 5.64. The van der Waals surface area contributed by atoms with Crippen LogP contribution in [0.1, 0.15) is 27.0 Å². The van der Waals surface area contributed by atoms with Crippen LogP contribution in [0, 0.1) is 6.92 Å². The predicted octanol–water partition coefficient (Wildman–Crippen LogP) is 2.62. The number of aryl methyl sites for hydroxylation is 1. The van der Waals surface area contributed by atoms with E-state index in [2.05, 4.69) is 5.32 Å². The number of carboxylic acid groups (broad SMARTS) is 1. The number of benzene rings is 1. The van der Waals surface area contributed by atoms with Gasteiger partial charge in [0.1, 0.15) is 0 Å². The first kappa shape index (κ1) is 14.6. The Morgan fingerprint density at radius 3 is 2.81 bits per heavy atom. The van der Waals surface area contributed by atoms with Crippen molar-refractivity contribution in [2.75, 3.05) is 0 Å². The molecule has 0 atom stereocenters. The normalized spacial score (nSPS) is 10.7. The number of furan rings is 1. The summed E-state index contributed by atoms with van der Waals surface area (Å²) in [4.78, 5) is 22.6. The Kier molecular flexibility index (Phi) is 4.56. The largest absolute Gasteiger partial charge is 0.478 e. The molecule has 2 aromatic rings. The quantitative estimate of drug-likeness (QED) is 0.828. The highest BCUT2D eigenvalue weighted by molar-refractivity contribution is 5.95. The van der Waals surface area contributed by atoms with Crippen LogP contribution in [0.2, 0.25) is 0 Å². The molecule has 21 heavy (non-hydrogen) atoms. The van der Waals surface area contributed by atoms with Gasteiger partial charge in [-0.2, -0.15) is 0 Å². The molecule has 0 unspecified atom stereocenters. The Bertz CT molecular complexity index is 672. The molecule has 0 aliphatic carbocycles. The lowest BCUT2D eigenvalue weighted by Gasteiger charge is -2.06. The number of hydrogen-bond donors (Lipinski definition) is 2. The third-order valence-corrected chi connectivity index (χ3v) is 2.98. The number of carbonyl (C=O) groups is 2. The summed E-state index contributed by atoms with van der Waals surface area (Å²) in [7, 11) is 0. The van der Waals surface area contributed by atoms with Gasteiger partial charge < -0.3 is 14.8 Å². The first-order chi connectivity index (χ1) is 10.1. The van der Waals surface area contributed by atoms with Crippen LogP contribution in [0.25, 0.3) is 6.08 Å². The molecule has 1 amide bonds. The van der Waals surface area contributed by atoms with E-state index in [1.807, 2.05) is 6.92 Å². The molecule has 0 spiro atoms. The van der Waals surface area contributed by atoms with Crippen LogP contribution in [0.4, 0.5) is 0 Å². The van der Waals surface area contributed by atoms with E-state index >= 15 is 0 Å². The molecule has 2 N–H and O–H groups in total. The summed E-state index contributed by atoms with van der Waals surface area (Å²) in [6.45, 7) is 2.23. The second-order valence-electron chi connectivity index (χ2n) is 4.56. The van der Waals surface area contributed by atoms with Crippen LogP contribution in [0.3, 0.4) is 0 Å². The summed E-state index contributed by atoms with van der Waals surface area (Å²) in [5.74, 6) is -1.25. The molecule has 1 heterocycles. The highest BCUT2D eigenvalue weighted by atomic mass is 16.4. The van der Waals surface area contributed by atoms with Gasteiger partial charge in [0.2, 0.25) is 0 Å². The van der Waals surface area contributed by atoms with E-state index < -0.39 is 5.97 Å². The maximum absolute atomic E-state index is 12.1. The Labute approximate surface area is 121 Å². The Morgan fingerprint density at radius 2 is 2.14 bits per heavy atom. The lowest BCUT2D eigenvalue weighted by molar-refractivity contribution is -0.131. The molecule has 0 fully saturated rings. The van der Waals surface area contributed by atoms with Crippen LogP contribution >= 0.6 is 0 Å². The lowest BCUT2D eigenvalue weighted by Crippen LogP contribution is -2.22. The van der Waals surface area contributed by atoms with E-state index in [9.17, 15) is 9.59 Å². The van der Waals surface area contributed by atoms with E-state index in [0.29, 0.717) is 17.7 Å². The van der Waals surface area contributed by atoms with Crippen molar-refractivity contribution in [2.24, 2.45) is 0 Å². The minimum absolute atomic E-state index is 0.221. The van der Waals surface area contributed by atoms with Crippen molar-refractivity contribution < 1.29 is 19.1 Å². The highest BCUT2D eigenvalue weighted by Crippen LogP contribution is 2.13. The van der Waals surface area contributed by atoms with Crippen molar-refractivity contribution in [3.63, 3.8) is 0 Å². The molecule has 0 radical (unpaired) electrons. The fourth-order valence-corrected chi connectivity index (χ4v) is 1.80. The van der Waals surface area contributed by atoms with E-state index in [-0.39, 0.29) is 5.91 Å². The lowest BCUT2D eigenvalue weighted by atomic mass is 10.0. The van der Waals surface area contributed by atoms with Crippen molar-refractivity contribution in [1.82, 2.24) is 5.32 Å². The van der Waals surface area contributed by atoms with Crippen molar-refractivity contribution in [3.05, 3.63) is 65.1 Å². The second-order valence-corrected chi connectivity index (χ2v) is 4.56. The van der Waals surface area contributed by atoms with Gasteiger partial charge in [-0.25, -0.2) is 4.79 Å². The van der Waals surface area contributed by atoms with Gasteiger partial charge in [-0.1, -0.05) is 6.07 Å². The molecule has 0 saturated carbocycles. The van der Waals surface area contributed by atoms with Gasteiger partial charge in [-0.15, -0.1) is 0 Å². The maximum atomic E-state index is 12.1. The molecular weight excluding hydrogens is 270 g/mol. The van der Waals surface area contributed by atoms with Gasteiger partial charge in [0.25, 0.3) is 5.91 Å². The zero-order valence-electron chi connectivity index (χ0n) is 11.5. The van der Waals surface area contributed by atoms with Gasteiger partial charge in [0.05, 0.1) is 12.5 Å². The Balaban J connectivity index is 2.10. The summed E-state index contributed by atoms with van der Waals surface area (Å²) in [5, 5.41) is 11.4. The number of hydrogen-bond acceptors (Lipinski definition) is 3. The fourth-order valence-electron chi connectivity index (χ4n) is 1.80. The molecule has 0 bridgehead atoms. The van der Waals surface area contributed by atoms with Crippen molar-refractivity contribution in [1.29, 1.82) is 0 Å². The van der Waals surface area contributed by atoms with Gasteiger partial charge in [-0.05, 0) is 42.3 Å². The maximum Gasteiger partial charge on any atom is 0.328 e. The first-order valence-corrected chi connectivity index (χ1v) is 6.37. The summed E-state index contributed by atoms with van der Waals surface area (Å²) in [6, 6.07) is 6.93. The molecule has 0 saturated heterocycles. The number of amides is 1. The second kappa shape index (κ2) is 6.56. The Hall–Kier alpha value is -2.82. The van der Waals surface area contributed by atoms with Gasteiger partial charge in [-0.3, -0.25) is 4.79 Å². The predicted molar refractivity (Wildman–Crippen MR) is 77.7 cm³/mol. The summed E-state index contributed by atoms with van der Waals surface area (Å²) in [5.41, 5.74) is 2.96.